The molecule has 0 bridgehead atoms. The average molecular weight is 320 g/mol. The molecule has 1 heterocycles. The lowest BCUT2D eigenvalue weighted by Crippen LogP contribution is -2.10. The van der Waals surface area contributed by atoms with Gasteiger partial charge in [0.2, 0.25) is 0 Å². The lowest BCUT2D eigenvalue weighted by molar-refractivity contribution is 0.0692. The van der Waals surface area contributed by atoms with Crippen LogP contribution in [0.1, 0.15) is 34.5 Å². The Labute approximate surface area is 132 Å². The Morgan fingerprint density at radius 3 is 2.81 bits per heavy atom. The van der Waals surface area contributed by atoms with E-state index in [4.69, 9.17) is 11.6 Å². The van der Waals surface area contributed by atoms with Gasteiger partial charge in [-0.2, -0.15) is 0 Å². The highest BCUT2D eigenvalue weighted by Gasteiger charge is 2.19. The van der Waals surface area contributed by atoms with E-state index in [0.717, 1.165) is 41.8 Å². The number of carboxylic acids is 1. The predicted molar refractivity (Wildman–Crippen MR) is 83.4 cm³/mol. The van der Waals surface area contributed by atoms with E-state index < -0.39 is 5.97 Å². The smallest absolute Gasteiger partial charge is 0.338 e. The maximum Gasteiger partial charge on any atom is 0.338 e. The fourth-order valence-corrected chi connectivity index (χ4v) is 3.71. The first-order valence-electron chi connectivity index (χ1n) is 6.83. The number of carbonyl (C=O) groups is 1. The minimum absolute atomic E-state index is 0.278. The molecule has 1 N–H and O–H groups in total. The van der Waals surface area contributed by atoms with Gasteiger partial charge in [-0.25, -0.2) is 9.78 Å². The minimum Gasteiger partial charge on any atom is -0.478 e. The van der Waals surface area contributed by atoms with E-state index in [-0.39, 0.29) is 5.56 Å². The number of halogens is 1. The van der Waals surface area contributed by atoms with Crippen LogP contribution in [-0.4, -0.2) is 16.1 Å². The van der Waals surface area contributed by atoms with E-state index in [1.54, 1.807) is 12.1 Å². The van der Waals surface area contributed by atoms with Crippen molar-refractivity contribution in [3.05, 3.63) is 52.2 Å². The third kappa shape index (κ3) is 3.22. The molecule has 21 heavy (non-hydrogen) atoms. The van der Waals surface area contributed by atoms with Crippen LogP contribution in [0.25, 0.3) is 0 Å². The summed E-state index contributed by atoms with van der Waals surface area (Å²) in [7, 11) is 0. The highest BCUT2D eigenvalue weighted by Crippen LogP contribution is 2.33. The van der Waals surface area contributed by atoms with Crippen LogP contribution in [0, 0.1) is 0 Å². The molecule has 1 aromatic heterocycles. The molecule has 3 rings (SSSR count). The number of aromatic nitrogens is 1. The fourth-order valence-electron chi connectivity index (χ4n) is 2.49. The molecule has 0 atom stereocenters. The van der Waals surface area contributed by atoms with Crippen LogP contribution in [0.3, 0.4) is 0 Å². The molecule has 2 aromatic rings. The second-order valence-electron chi connectivity index (χ2n) is 5.02. The van der Waals surface area contributed by atoms with Crippen molar-refractivity contribution in [2.24, 2.45) is 0 Å². The van der Waals surface area contributed by atoms with Crippen LogP contribution < -0.4 is 0 Å². The van der Waals surface area contributed by atoms with Crippen molar-refractivity contribution in [1.82, 2.24) is 4.98 Å². The van der Waals surface area contributed by atoms with E-state index in [1.807, 2.05) is 18.2 Å². The van der Waals surface area contributed by atoms with Gasteiger partial charge in [-0.05, 0) is 55.5 Å². The summed E-state index contributed by atoms with van der Waals surface area (Å²) in [6.45, 7) is 0. The van der Waals surface area contributed by atoms with Gasteiger partial charge in [0.1, 0.15) is 5.03 Å². The molecular formula is C16H14ClNO2S. The normalized spacial score (nSPS) is 13.8. The molecular weight excluding hydrogens is 306 g/mol. The molecule has 5 heteroatoms. The molecule has 108 valence electrons. The van der Waals surface area contributed by atoms with E-state index in [0.29, 0.717) is 10.0 Å². The van der Waals surface area contributed by atoms with E-state index in [2.05, 4.69) is 4.98 Å². The van der Waals surface area contributed by atoms with Gasteiger partial charge in [0.05, 0.1) is 5.56 Å². The number of aromatic carboxylic acids is 1. The largest absolute Gasteiger partial charge is 0.478 e. The molecule has 0 saturated heterocycles. The molecule has 0 radical (unpaired) electrons. The van der Waals surface area contributed by atoms with Gasteiger partial charge in [0, 0.05) is 15.6 Å². The lowest BCUT2D eigenvalue weighted by atomic mass is 9.95. The van der Waals surface area contributed by atoms with Crippen LogP contribution in [0.15, 0.2) is 40.3 Å². The zero-order valence-corrected chi connectivity index (χ0v) is 12.9. The fraction of sp³-hybridized carbons (Fsp3) is 0.250. The third-order valence-corrected chi connectivity index (χ3v) is 4.74. The molecule has 0 unspecified atom stereocenters. The maximum atomic E-state index is 11.5. The van der Waals surface area contributed by atoms with Gasteiger partial charge >= 0.3 is 5.97 Å². The molecule has 3 nitrogen and oxygen atoms in total. The molecule has 0 amide bonds. The van der Waals surface area contributed by atoms with Crippen molar-refractivity contribution < 1.29 is 9.90 Å². The first-order chi connectivity index (χ1) is 10.1. The molecule has 0 saturated carbocycles. The van der Waals surface area contributed by atoms with Crippen LogP contribution in [0.2, 0.25) is 5.02 Å². The molecule has 0 fully saturated rings. The Morgan fingerprint density at radius 1 is 1.24 bits per heavy atom. The topological polar surface area (TPSA) is 50.2 Å². The summed E-state index contributed by atoms with van der Waals surface area (Å²) < 4.78 is 0. The van der Waals surface area contributed by atoms with Crippen molar-refractivity contribution in [1.29, 1.82) is 0 Å². The van der Waals surface area contributed by atoms with Crippen LogP contribution in [0.5, 0.6) is 0 Å². The summed E-state index contributed by atoms with van der Waals surface area (Å²) >= 11 is 7.33. The number of nitrogens with zero attached hydrogens (tertiary/aromatic N) is 1. The summed E-state index contributed by atoms with van der Waals surface area (Å²) in [6, 6.07) is 9.16. The van der Waals surface area contributed by atoms with Gasteiger partial charge in [-0.15, -0.1) is 0 Å². The van der Waals surface area contributed by atoms with E-state index in [9.17, 15) is 9.90 Å². The summed E-state index contributed by atoms with van der Waals surface area (Å²) in [4.78, 5) is 17.0. The van der Waals surface area contributed by atoms with Crippen molar-refractivity contribution in [2.75, 3.05) is 0 Å². The Kier molecular flexibility index (Phi) is 4.17. The van der Waals surface area contributed by atoms with E-state index in [1.165, 1.54) is 11.8 Å². The number of fused-ring (bicyclic) bond motifs is 1. The first kappa shape index (κ1) is 14.4. The van der Waals surface area contributed by atoms with E-state index >= 15 is 0 Å². The zero-order valence-electron chi connectivity index (χ0n) is 11.3. The highest BCUT2D eigenvalue weighted by molar-refractivity contribution is 7.99. The zero-order chi connectivity index (χ0) is 14.8. The predicted octanol–water partition coefficient (Wildman–Crippen LogP) is 4.46. The minimum atomic E-state index is -0.930. The molecule has 1 aromatic carbocycles. The second-order valence-corrected chi connectivity index (χ2v) is 6.52. The average Bonchev–Trinajstić information content (AvgIpc) is 2.46. The van der Waals surface area contributed by atoms with Gasteiger partial charge < -0.3 is 5.11 Å². The molecule has 0 spiro atoms. The van der Waals surface area contributed by atoms with Gasteiger partial charge in [-0.3, -0.25) is 0 Å². The third-order valence-electron chi connectivity index (χ3n) is 3.51. The van der Waals surface area contributed by atoms with Gasteiger partial charge in [-0.1, -0.05) is 29.4 Å². The number of benzene rings is 1. The Bertz CT molecular complexity index is 703. The summed E-state index contributed by atoms with van der Waals surface area (Å²) in [5.41, 5.74) is 2.39. The number of carboxylic acid groups (broad SMARTS) is 1. The van der Waals surface area contributed by atoms with Crippen molar-refractivity contribution in [3.8, 4) is 0 Å². The van der Waals surface area contributed by atoms with Crippen LogP contribution >= 0.6 is 23.4 Å². The standard InChI is InChI=1S/C16H14ClNO2S/c17-11-5-3-6-12(9-11)21-15-13(16(19)20)8-10-4-1-2-7-14(10)18-15/h3,5-6,8-9H,1-2,4,7H2,(H,19,20). The SMILES string of the molecule is O=C(O)c1cc2c(nc1Sc1cccc(Cl)c1)CCCC2. The van der Waals surface area contributed by atoms with Gasteiger partial charge in [0.15, 0.2) is 0 Å². The van der Waals surface area contributed by atoms with Crippen LogP contribution in [0.4, 0.5) is 0 Å². The number of rotatable bonds is 3. The number of aryl methyl sites for hydroxylation is 2. The first-order valence-corrected chi connectivity index (χ1v) is 8.02. The van der Waals surface area contributed by atoms with Crippen LogP contribution in [-0.2, 0) is 12.8 Å². The highest BCUT2D eigenvalue weighted by atomic mass is 35.5. The summed E-state index contributed by atoms with van der Waals surface area (Å²) in [5.74, 6) is -0.930. The van der Waals surface area contributed by atoms with Crippen molar-refractivity contribution >= 4 is 29.3 Å². The molecule has 0 aliphatic heterocycles. The number of pyridine rings is 1. The lowest BCUT2D eigenvalue weighted by Gasteiger charge is -2.17. The Morgan fingerprint density at radius 2 is 2.05 bits per heavy atom. The molecule has 1 aliphatic carbocycles. The monoisotopic (exact) mass is 319 g/mol. The second kappa shape index (κ2) is 6.08. The maximum absolute atomic E-state index is 11.5. The number of hydrogen-bond donors (Lipinski definition) is 1. The summed E-state index contributed by atoms with van der Waals surface area (Å²) in [5, 5.41) is 10.6. The number of hydrogen-bond acceptors (Lipinski definition) is 3. The summed E-state index contributed by atoms with van der Waals surface area (Å²) in [6.07, 6.45) is 4.07. The quantitative estimate of drug-likeness (QED) is 0.907. The Balaban J connectivity index is 2.01. The molecule has 1 aliphatic rings. The van der Waals surface area contributed by atoms with Crippen molar-refractivity contribution in [2.45, 2.75) is 35.6 Å². The van der Waals surface area contributed by atoms with Gasteiger partial charge in [0.25, 0.3) is 0 Å². The van der Waals surface area contributed by atoms with Crippen molar-refractivity contribution in [3.63, 3.8) is 0 Å². The Hall–Kier alpha value is -1.52.